The average molecular weight is 471 g/mol. The number of methoxy groups -OCH3 is 1. The van der Waals surface area contributed by atoms with Gasteiger partial charge in [-0.25, -0.2) is 9.97 Å². The third-order valence-corrected chi connectivity index (χ3v) is 6.65. The van der Waals surface area contributed by atoms with Crippen LogP contribution in [0.25, 0.3) is 21.3 Å². The van der Waals surface area contributed by atoms with Gasteiger partial charge < -0.3 is 4.74 Å². The third kappa shape index (κ3) is 3.97. The predicted octanol–water partition coefficient (Wildman–Crippen LogP) is 6.10. The number of Topliss-reactive ketones (excluding diaryl/α,β-unsaturated/α-hetero) is 1. The summed E-state index contributed by atoms with van der Waals surface area (Å²) in [7, 11) is 1.61. The number of ether oxygens (including phenoxy) is 1. The van der Waals surface area contributed by atoms with E-state index in [0.29, 0.717) is 11.3 Å². The zero-order chi connectivity index (χ0) is 19.5. The zero-order valence-corrected chi connectivity index (χ0v) is 18.1. The van der Waals surface area contributed by atoms with Crippen molar-refractivity contribution in [3.05, 3.63) is 70.3 Å². The van der Waals surface area contributed by atoms with Gasteiger partial charge in [-0.15, -0.1) is 11.3 Å². The van der Waals surface area contributed by atoms with Crippen molar-refractivity contribution < 1.29 is 9.53 Å². The largest absolute Gasteiger partial charge is 0.497 e. The molecule has 0 atom stereocenters. The number of hydrogen-bond donors (Lipinski definition) is 0. The van der Waals surface area contributed by atoms with Crippen molar-refractivity contribution in [3.63, 3.8) is 0 Å². The van der Waals surface area contributed by atoms with Crippen molar-refractivity contribution in [2.75, 3.05) is 12.9 Å². The first kappa shape index (κ1) is 19.1. The van der Waals surface area contributed by atoms with Gasteiger partial charge in [0.2, 0.25) is 0 Å². The first-order chi connectivity index (χ1) is 13.7. The van der Waals surface area contributed by atoms with Gasteiger partial charge in [0.05, 0.1) is 18.2 Å². The van der Waals surface area contributed by atoms with Crippen molar-refractivity contribution in [1.82, 2.24) is 9.97 Å². The molecule has 0 aliphatic rings. The summed E-state index contributed by atoms with van der Waals surface area (Å²) in [4.78, 5) is 22.3. The maximum absolute atomic E-state index is 12.6. The Morgan fingerprint density at radius 2 is 1.86 bits per heavy atom. The monoisotopic (exact) mass is 470 g/mol. The molecule has 0 aliphatic heterocycles. The Morgan fingerprint density at radius 3 is 2.57 bits per heavy atom. The molecule has 140 valence electrons. The zero-order valence-electron chi connectivity index (χ0n) is 14.9. The Kier molecular flexibility index (Phi) is 5.75. The van der Waals surface area contributed by atoms with Crippen LogP contribution in [0, 0.1) is 0 Å². The second-order valence-corrected chi connectivity index (χ2v) is 8.69. The molecule has 2 aromatic carbocycles. The highest BCUT2D eigenvalue weighted by atomic mass is 79.9. The molecule has 0 aliphatic carbocycles. The van der Waals surface area contributed by atoms with Crippen LogP contribution < -0.4 is 4.74 Å². The summed E-state index contributed by atoms with van der Waals surface area (Å²) in [6.45, 7) is 0. The van der Waals surface area contributed by atoms with Crippen LogP contribution in [-0.2, 0) is 0 Å². The summed E-state index contributed by atoms with van der Waals surface area (Å²) in [6, 6.07) is 15.3. The highest BCUT2D eigenvalue weighted by Crippen LogP contribution is 2.38. The lowest BCUT2D eigenvalue weighted by Gasteiger charge is -2.06. The number of fused-ring (bicyclic) bond motifs is 1. The molecule has 0 spiro atoms. The summed E-state index contributed by atoms with van der Waals surface area (Å²) in [5.74, 6) is 1.10. The maximum Gasteiger partial charge on any atom is 0.173 e. The number of halogens is 1. The number of aromatic nitrogens is 2. The molecule has 0 fully saturated rings. The smallest absolute Gasteiger partial charge is 0.173 e. The molecule has 0 bridgehead atoms. The lowest BCUT2D eigenvalue weighted by atomic mass is 10.1. The molecular weight excluding hydrogens is 456 g/mol. The summed E-state index contributed by atoms with van der Waals surface area (Å²) in [6.07, 6.45) is 1.56. The van der Waals surface area contributed by atoms with Gasteiger partial charge in [0.15, 0.2) is 5.78 Å². The first-order valence-corrected chi connectivity index (χ1v) is 11.1. The van der Waals surface area contributed by atoms with Crippen molar-refractivity contribution in [1.29, 1.82) is 0 Å². The van der Waals surface area contributed by atoms with Crippen molar-refractivity contribution >= 4 is 55.0 Å². The molecule has 4 nitrogen and oxygen atoms in total. The highest BCUT2D eigenvalue weighted by Gasteiger charge is 2.15. The van der Waals surface area contributed by atoms with E-state index in [1.165, 1.54) is 11.8 Å². The molecule has 7 heteroatoms. The topological polar surface area (TPSA) is 52.1 Å². The molecule has 0 saturated heterocycles. The lowest BCUT2D eigenvalue weighted by Crippen LogP contribution is -2.02. The Bertz CT molecular complexity index is 1130. The molecule has 4 rings (SSSR count). The van der Waals surface area contributed by atoms with Gasteiger partial charge >= 0.3 is 0 Å². The second kappa shape index (κ2) is 8.43. The number of thiophene rings is 1. The molecule has 2 aromatic heterocycles. The van der Waals surface area contributed by atoms with Gasteiger partial charge in [0, 0.05) is 21.0 Å². The molecule has 0 saturated carbocycles. The quantitative estimate of drug-likeness (QED) is 0.193. The molecule has 4 aromatic rings. The van der Waals surface area contributed by atoms with Gasteiger partial charge in [-0.2, -0.15) is 0 Å². The van der Waals surface area contributed by atoms with Crippen LogP contribution in [0.5, 0.6) is 5.75 Å². The number of thioether (sulfide) groups is 1. The fourth-order valence-electron chi connectivity index (χ4n) is 2.79. The van der Waals surface area contributed by atoms with Gasteiger partial charge in [0.1, 0.15) is 21.9 Å². The Balaban J connectivity index is 1.60. The second-order valence-electron chi connectivity index (χ2n) is 5.96. The summed E-state index contributed by atoms with van der Waals surface area (Å²) in [5.41, 5.74) is 2.86. The number of rotatable bonds is 6. The number of carbonyl (C=O) groups excluding carboxylic acids is 1. The van der Waals surface area contributed by atoms with Crippen LogP contribution >= 0.6 is 39.0 Å². The lowest BCUT2D eigenvalue weighted by molar-refractivity contribution is 0.102. The minimum Gasteiger partial charge on any atom is -0.497 e. The van der Waals surface area contributed by atoms with Gasteiger partial charge in [-0.3, -0.25) is 4.79 Å². The average Bonchev–Trinajstić information content (AvgIpc) is 3.17. The van der Waals surface area contributed by atoms with E-state index in [2.05, 4.69) is 43.4 Å². The van der Waals surface area contributed by atoms with E-state index >= 15 is 0 Å². The van der Waals surface area contributed by atoms with Crippen LogP contribution in [0.2, 0.25) is 0 Å². The van der Waals surface area contributed by atoms with Crippen LogP contribution in [0.1, 0.15) is 10.4 Å². The van der Waals surface area contributed by atoms with E-state index in [0.717, 1.165) is 36.6 Å². The van der Waals surface area contributed by atoms with Gasteiger partial charge in [-0.1, -0.05) is 39.8 Å². The minimum absolute atomic E-state index is 0.0554. The fourth-order valence-corrected chi connectivity index (χ4v) is 4.95. The number of hydrogen-bond acceptors (Lipinski definition) is 6. The standard InChI is InChI=1S/C21H15BrN2O2S2/c1-26-16-8-4-14(5-9-16)18(25)11-28-21-19-17(10-27-20(19)23-12-24-21)13-2-6-15(22)7-3-13/h2-10,12H,11H2,1H3. The molecular formula is C21H15BrN2O2S2. The molecule has 28 heavy (non-hydrogen) atoms. The van der Waals surface area contributed by atoms with E-state index < -0.39 is 0 Å². The number of nitrogens with zero attached hydrogens (tertiary/aromatic N) is 2. The van der Waals surface area contributed by atoms with Crippen molar-refractivity contribution in [2.45, 2.75) is 5.03 Å². The van der Waals surface area contributed by atoms with Crippen LogP contribution in [0.3, 0.4) is 0 Å². The summed E-state index contributed by atoms with van der Waals surface area (Å²) >= 11 is 6.51. The van der Waals surface area contributed by atoms with Crippen LogP contribution in [-0.4, -0.2) is 28.6 Å². The number of carbonyl (C=O) groups is 1. The maximum atomic E-state index is 12.6. The molecule has 0 unspecified atom stereocenters. The van der Waals surface area contributed by atoms with E-state index in [9.17, 15) is 4.79 Å². The molecule has 0 amide bonds. The van der Waals surface area contributed by atoms with Gasteiger partial charge in [-0.05, 0) is 42.0 Å². The minimum atomic E-state index is 0.0554. The molecule has 0 N–H and O–H groups in total. The Morgan fingerprint density at radius 1 is 1.11 bits per heavy atom. The van der Waals surface area contributed by atoms with Crippen molar-refractivity contribution in [3.8, 4) is 16.9 Å². The third-order valence-electron chi connectivity index (χ3n) is 4.24. The van der Waals surface area contributed by atoms with Crippen LogP contribution in [0.4, 0.5) is 0 Å². The van der Waals surface area contributed by atoms with Crippen molar-refractivity contribution in [2.24, 2.45) is 0 Å². The normalized spacial score (nSPS) is 10.9. The molecule has 0 radical (unpaired) electrons. The summed E-state index contributed by atoms with van der Waals surface area (Å²) in [5, 5.41) is 3.92. The molecule has 2 heterocycles. The van der Waals surface area contributed by atoms with Gasteiger partial charge in [0.25, 0.3) is 0 Å². The fraction of sp³-hybridized carbons (Fsp3) is 0.0952. The van der Waals surface area contributed by atoms with Crippen LogP contribution in [0.15, 0.2) is 69.7 Å². The SMILES string of the molecule is COc1ccc(C(=O)CSc2ncnc3scc(-c4ccc(Br)cc4)c23)cc1. The Hall–Kier alpha value is -2.22. The predicted molar refractivity (Wildman–Crippen MR) is 119 cm³/mol. The Labute approximate surface area is 179 Å². The van der Waals surface area contributed by atoms with E-state index in [-0.39, 0.29) is 5.78 Å². The number of ketones is 1. The van der Waals surface area contributed by atoms with E-state index in [1.54, 1.807) is 49.0 Å². The number of benzene rings is 2. The van der Waals surface area contributed by atoms with E-state index in [1.807, 2.05) is 12.1 Å². The highest BCUT2D eigenvalue weighted by molar-refractivity contribution is 9.10. The van der Waals surface area contributed by atoms with E-state index in [4.69, 9.17) is 4.74 Å². The summed E-state index contributed by atoms with van der Waals surface area (Å²) < 4.78 is 6.18. The first-order valence-electron chi connectivity index (χ1n) is 8.44.